The Morgan fingerprint density at radius 2 is 1.58 bits per heavy atom. The summed E-state index contributed by atoms with van der Waals surface area (Å²) in [6.45, 7) is -0.416. The van der Waals surface area contributed by atoms with E-state index in [9.17, 15) is 14.4 Å². The van der Waals surface area contributed by atoms with E-state index in [1.165, 1.54) is 0 Å². The molecule has 0 bridgehead atoms. The molecular weight excluding hydrogens is 308 g/mol. The molecule has 1 aliphatic heterocycles. The first-order valence-corrected chi connectivity index (χ1v) is 7.35. The van der Waals surface area contributed by atoms with Crippen LogP contribution in [0.4, 0.5) is 0 Å². The smallest absolute Gasteiger partial charge is 0.356 e. The number of H-pyrrole nitrogens is 1. The molecule has 0 spiro atoms. The Balaban J connectivity index is 1.50. The third kappa shape index (κ3) is 2.16. The lowest BCUT2D eigenvalue weighted by molar-refractivity contribution is 0.0224. The number of carbonyl (C=O) groups excluding carboxylic acids is 3. The van der Waals surface area contributed by atoms with Crippen LogP contribution >= 0.6 is 0 Å². The summed E-state index contributed by atoms with van der Waals surface area (Å²) in [7, 11) is 0. The van der Waals surface area contributed by atoms with Crippen LogP contribution in [-0.4, -0.2) is 34.4 Å². The number of rotatable bonds is 3. The van der Waals surface area contributed by atoms with Gasteiger partial charge in [-0.05, 0) is 24.3 Å². The van der Waals surface area contributed by atoms with E-state index in [1.807, 2.05) is 24.3 Å². The maximum absolute atomic E-state index is 12.2. The number of nitrogens with one attached hydrogen (secondary N) is 1. The number of carbonyl (C=O) groups is 3. The highest BCUT2D eigenvalue weighted by Gasteiger charge is 2.35. The second-order valence-corrected chi connectivity index (χ2v) is 5.42. The first-order valence-electron chi connectivity index (χ1n) is 7.35. The van der Waals surface area contributed by atoms with Crippen molar-refractivity contribution in [3.05, 3.63) is 71.4 Å². The number of nitrogens with zero attached hydrogens (tertiary/aromatic N) is 1. The van der Waals surface area contributed by atoms with Crippen LogP contribution in [0.25, 0.3) is 10.9 Å². The van der Waals surface area contributed by atoms with Gasteiger partial charge in [-0.3, -0.25) is 9.59 Å². The molecule has 1 aromatic heterocycles. The number of hydrogen-bond donors (Lipinski definition) is 1. The summed E-state index contributed by atoms with van der Waals surface area (Å²) in [6, 6.07) is 15.6. The van der Waals surface area contributed by atoms with Gasteiger partial charge in [0.2, 0.25) is 0 Å². The van der Waals surface area contributed by atoms with Crippen LogP contribution < -0.4 is 0 Å². The molecule has 4 rings (SSSR count). The maximum atomic E-state index is 12.2. The van der Waals surface area contributed by atoms with E-state index >= 15 is 0 Å². The number of hydrogen-bond acceptors (Lipinski definition) is 4. The summed E-state index contributed by atoms with van der Waals surface area (Å²) < 4.78 is 5.13. The summed E-state index contributed by atoms with van der Waals surface area (Å²) in [6.07, 6.45) is 0. The van der Waals surface area contributed by atoms with Gasteiger partial charge in [0, 0.05) is 10.9 Å². The van der Waals surface area contributed by atoms with Gasteiger partial charge >= 0.3 is 5.97 Å². The number of ether oxygens (including phenoxy) is 1. The molecule has 2 heterocycles. The van der Waals surface area contributed by atoms with E-state index < -0.39 is 24.5 Å². The molecule has 0 saturated carbocycles. The lowest BCUT2D eigenvalue weighted by Gasteiger charge is -2.13. The van der Waals surface area contributed by atoms with Gasteiger partial charge in [0.15, 0.2) is 6.73 Å². The fraction of sp³-hybridized carbons (Fsp3) is 0.0556. The average Bonchev–Trinajstić information content (AvgIpc) is 3.14. The second-order valence-electron chi connectivity index (χ2n) is 5.42. The molecular formula is C18H12N2O4. The van der Waals surface area contributed by atoms with Crippen molar-refractivity contribution in [1.82, 2.24) is 9.88 Å². The molecule has 3 aromatic rings. The predicted octanol–water partition coefficient (Wildman–Crippen LogP) is 2.58. The van der Waals surface area contributed by atoms with Crippen molar-refractivity contribution in [2.75, 3.05) is 6.73 Å². The fourth-order valence-electron chi connectivity index (χ4n) is 2.74. The van der Waals surface area contributed by atoms with Crippen molar-refractivity contribution in [3.8, 4) is 0 Å². The number of imide groups is 1. The summed E-state index contributed by atoms with van der Waals surface area (Å²) in [5.74, 6) is -1.54. The molecule has 24 heavy (non-hydrogen) atoms. The standard InChI is InChI=1S/C18H12N2O4/c21-16-12-6-2-3-7-13(12)17(22)20(16)10-24-18(23)15-9-11-5-1-4-8-14(11)19-15/h1-9,19H,10H2. The van der Waals surface area contributed by atoms with Crippen molar-refractivity contribution < 1.29 is 19.1 Å². The van der Waals surface area contributed by atoms with Gasteiger partial charge < -0.3 is 9.72 Å². The largest absolute Gasteiger partial charge is 0.439 e. The minimum absolute atomic E-state index is 0.271. The van der Waals surface area contributed by atoms with E-state index in [-0.39, 0.29) is 5.69 Å². The Bertz CT molecular complexity index is 921. The van der Waals surface area contributed by atoms with Crippen LogP contribution in [0, 0.1) is 0 Å². The van der Waals surface area contributed by atoms with Crippen LogP contribution in [0.5, 0.6) is 0 Å². The highest BCUT2D eigenvalue weighted by atomic mass is 16.5. The number of para-hydroxylation sites is 1. The molecule has 0 radical (unpaired) electrons. The number of amides is 2. The van der Waals surface area contributed by atoms with E-state index in [1.54, 1.807) is 30.3 Å². The van der Waals surface area contributed by atoms with Gasteiger partial charge in [0.25, 0.3) is 11.8 Å². The van der Waals surface area contributed by atoms with E-state index in [2.05, 4.69) is 4.98 Å². The molecule has 0 fully saturated rings. The van der Waals surface area contributed by atoms with Gasteiger partial charge in [-0.15, -0.1) is 0 Å². The summed E-state index contributed by atoms with van der Waals surface area (Å²) in [5, 5.41) is 0.880. The van der Waals surface area contributed by atoms with Gasteiger partial charge in [-0.1, -0.05) is 30.3 Å². The zero-order valence-corrected chi connectivity index (χ0v) is 12.5. The Morgan fingerprint density at radius 3 is 2.25 bits per heavy atom. The first kappa shape index (κ1) is 14.2. The topological polar surface area (TPSA) is 79.5 Å². The molecule has 1 N–H and O–H groups in total. The van der Waals surface area contributed by atoms with Crippen LogP contribution in [0.3, 0.4) is 0 Å². The number of aromatic amines is 1. The lowest BCUT2D eigenvalue weighted by atomic mass is 10.1. The number of fused-ring (bicyclic) bond motifs is 2. The Morgan fingerprint density at radius 1 is 0.958 bits per heavy atom. The molecule has 6 heteroatoms. The van der Waals surface area contributed by atoms with Crippen molar-refractivity contribution >= 4 is 28.7 Å². The monoisotopic (exact) mass is 320 g/mol. The van der Waals surface area contributed by atoms with Gasteiger partial charge in [-0.2, -0.15) is 0 Å². The maximum Gasteiger partial charge on any atom is 0.356 e. The van der Waals surface area contributed by atoms with E-state index in [0.29, 0.717) is 11.1 Å². The lowest BCUT2D eigenvalue weighted by Crippen LogP contribution is -2.33. The number of esters is 1. The molecule has 0 aliphatic carbocycles. The Hall–Kier alpha value is -3.41. The highest BCUT2D eigenvalue weighted by molar-refractivity contribution is 6.21. The minimum Gasteiger partial charge on any atom is -0.439 e. The number of benzene rings is 2. The average molecular weight is 320 g/mol. The molecule has 2 amide bonds. The first-order chi connectivity index (χ1) is 11.6. The van der Waals surface area contributed by atoms with E-state index in [4.69, 9.17) is 4.74 Å². The van der Waals surface area contributed by atoms with Crippen molar-refractivity contribution in [2.24, 2.45) is 0 Å². The molecule has 6 nitrogen and oxygen atoms in total. The summed E-state index contributed by atoms with van der Waals surface area (Å²) in [4.78, 5) is 40.4. The Labute approximate surface area is 136 Å². The molecule has 0 unspecified atom stereocenters. The van der Waals surface area contributed by atoms with Crippen molar-refractivity contribution in [3.63, 3.8) is 0 Å². The van der Waals surface area contributed by atoms with Crippen LogP contribution in [0.1, 0.15) is 31.2 Å². The zero-order chi connectivity index (χ0) is 16.7. The molecule has 0 saturated heterocycles. The molecule has 1 aliphatic rings. The van der Waals surface area contributed by atoms with Gasteiger partial charge in [0.1, 0.15) is 5.69 Å². The van der Waals surface area contributed by atoms with Crippen LogP contribution in [-0.2, 0) is 4.74 Å². The summed E-state index contributed by atoms with van der Waals surface area (Å²) >= 11 is 0. The minimum atomic E-state index is -0.622. The molecule has 118 valence electrons. The fourth-order valence-corrected chi connectivity index (χ4v) is 2.74. The SMILES string of the molecule is O=C(OCN1C(=O)c2ccccc2C1=O)c1cc2ccccc2[nH]1. The van der Waals surface area contributed by atoms with Crippen LogP contribution in [0.2, 0.25) is 0 Å². The summed E-state index contributed by atoms with van der Waals surface area (Å²) in [5.41, 5.74) is 1.73. The molecule has 0 atom stereocenters. The Kier molecular flexibility index (Phi) is 3.16. The van der Waals surface area contributed by atoms with E-state index in [0.717, 1.165) is 15.8 Å². The van der Waals surface area contributed by atoms with Crippen molar-refractivity contribution in [2.45, 2.75) is 0 Å². The zero-order valence-electron chi connectivity index (χ0n) is 12.5. The van der Waals surface area contributed by atoms with Gasteiger partial charge in [0.05, 0.1) is 11.1 Å². The third-order valence-corrected chi connectivity index (χ3v) is 3.95. The second kappa shape index (κ2) is 5.34. The quantitative estimate of drug-likeness (QED) is 0.594. The molecule has 2 aromatic carbocycles. The normalized spacial score (nSPS) is 13.4. The van der Waals surface area contributed by atoms with Crippen LogP contribution in [0.15, 0.2) is 54.6 Å². The van der Waals surface area contributed by atoms with Crippen molar-refractivity contribution in [1.29, 1.82) is 0 Å². The highest BCUT2D eigenvalue weighted by Crippen LogP contribution is 2.22. The predicted molar refractivity (Wildman–Crippen MR) is 85.5 cm³/mol. The number of aromatic nitrogens is 1. The third-order valence-electron chi connectivity index (χ3n) is 3.95. The van der Waals surface area contributed by atoms with Gasteiger partial charge in [-0.25, -0.2) is 9.69 Å².